The van der Waals surface area contributed by atoms with E-state index in [9.17, 15) is 26.3 Å². The molecule has 0 N–H and O–H groups in total. The zero-order valence-electron chi connectivity index (χ0n) is 8.07. The maximum Gasteiger partial charge on any atom is 0.422 e. The second-order valence-electron chi connectivity index (χ2n) is 2.19. The third-order valence-electron chi connectivity index (χ3n) is 0.730. The molecule has 0 atom stereocenters. The molecule has 2 nitrogen and oxygen atoms in total. The van der Waals surface area contributed by atoms with Crippen LogP contribution in [0.1, 0.15) is 0 Å². The van der Waals surface area contributed by atoms with Crippen molar-refractivity contribution in [2.75, 3.05) is 13.2 Å². The topological polar surface area (TPSA) is 18.5 Å². The molecule has 0 heterocycles. The molecule has 0 aromatic heterocycles. The highest BCUT2D eigenvalue weighted by atomic mass is 19.4. The predicted molar refractivity (Wildman–Crippen MR) is 44.4 cm³/mol. The molecule has 8 heteroatoms. The molecule has 16 heavy (non-hydrogen) atoms. The molecule has 0 amide bonds. The van der Waals surface area contributed by atoms with Gasteiger partial charge in [-0.3, -0.25) is 0 Å². The standard InChI is InChI=1S/2C4H5F3O/c2*1-2-8-3-4(5,6)7/h2*2H,1,3H2. The van der Waals surface area contributed by atoms with E-state index in [0.717, 1.165) is 12.5 Å². The third-order valence-corrected chi connectivity index (χ3v) is 0.730. The second kappa shape index (κ2) is 7.89. The van der Waals surface area contributed by atoms with Crippen molar-refractivity contribution in [2.24, 2.45) is 0 Å². The van der Waals surface area contributed by atoms with Crippen molar-refractivity contribution >= 4 is 0 Å². The summed E-state index contributed by atoms with van der Waals surface area (Å²) in [5.41, 5.74) is 0. The second-order valence-corrected chi connectivity index (χ2v) is 2.19. The highest BCUT2D eigenvalue weighted by molar-refractivity contribution is 4.53. The molecule has 0 aromatic carbocycles. The molecular formula is C8H10F6O2. The van der Waals surface area contributed by atoms with E-state index in [1.807, 2.05) is 0 Å². The van der Waals surface area contributed by atoms with Gasteiger partial charge < -0.3 is 9.47 Å². The monoisotopic (exact) mass is 252 g/mol. The molecule has 0 saturated carbocycles. The lowest BCUT2D eigenvalue weighted by Crippen LogP contribution is -2.14. The highest BCUT2D eigenvalue weighted by Crippen LogP contribution is 2.14. The minimum absolute atomic E-state index is 0.757. The van der Waals surface area contributed by atoms with Crippen LogP contribution in [0.25, 0.3) is 0 Å². The van der Waals surface area contributed by atoms with E-state index in [1.165, 1.54) is 0 Å². The van der Waals surface area contributed by atoms with Crippen LogP contribution in [0.3, 0.4) is 0 Å². The van der Waals surface area contributed by atoms with Crippen molar-refractivity contribution < 1.29 is 35.8 Å². The van der Waals surface area contributed by atoms with Crippen LogP contribution in [0, 0.1) is 0 Å². The molecule has 0 aliphatic heterocycles. The van der Waals surface area contributed by atoms with Crippen LogP contribution < -0.4 is 0 Å². The minimum atomic E-state index is -4.24. The maximum atomic E-state index is 11.1. The molecule has 0 fully saturated rings. The smallest absolute Gasteiger partial charge is 0.422 e. The molecular weight excluding hydrogens is 242 g/mol. The molecule has 0 rings (SSSR count). The summed E-state index contributed by atoms with van der Waals surface area (Å²) in [5, 5.41) is 0. The summed E-state index contributed by atoms with van der Waals surface area (Å²) in [6.45, 7) is 3.38. The Morgan fingerprint density at radius 3 is 1.06 bits per heavy atom. The average Bonchev–Trinajstić information content (AvgIpc) is 2.10. The zero-order valence-corrected chi connectivity index (χ0v) is 8.07. The molecule has 0 saturated heterocycles. The van der Waals surface area contributed by atoms with Crippen LogP contribution in [0.5, 0.6) is 0 Å². The molecule has 0 bridgehead atoms. The van der Waals surface area contributed by atoms with E-state index in [2.05, 4.69) is 22.6 Å². The van der Waals surface area contributed by atoms with Gasteiger partial charge in [-0.1, -0.05) is 13.2 Å². The summed E-state index contributed by atoms with van der Waals surface area (Å²) < 4.78 is 74.1. The Morgan fingerprint density at radius 1 is 0.750 bits per heavy atom. The van der Waals surface area contributed by atoms with E-state index in [4.69, 9.17) is 0 Å². The Balaban J connectivity index is 0. The molecule has 0 spiro atoms. The fraction of sp³-hybridized carbons (Fsp3) is 0.500. The quantitative estimate of drug-likeness (QED) is 0.563. The lowest BCUT2D eigenvalue weighted by atomic mass is 10.7. The van der Waals surface area contributed by atoms with Crippen molar-refractivity contribution in [1.82, 2.24) is 0 Å². The van der Waals surface area contributed by atoms with Crippen LogP contribution in [0.2, 0.25) is 0 Å². The number of hydrogen-bond donors (Lipinski definition) is 0. The summed E-state index contributed by atoms with van der Waals surface area (Å²) in [6, 6.07) is 0. The van der Waals surface area contributed by atoms with E-state index in [0.29, 0.717) is 0 Å². The fourth-order valence-corrected chi connectivity index (χ4v) is 0.307. The molecule has 0 aliphatic carbocycles. The largest absolute Gasteiger partial charge is 0.492 e. The van der Waals surface area contributed by atoms with Crippen LogP contribution in [-0.4, -0.2) is 25.6 Å². The van der Waals surface area contributed by atoms with Gasteiger partial charge in [0.15, 0.2) is 13.2 Å². The van der Waals surface area contributed by atoms with Gasteiger partial charge in [-0.2, -0.15) is 26.3 Å². The first-order valence-corrected chi connectivity index (χ1v) is 3.71. The first-order valence-electron chi connectivity index (χ1n) is 3.71. The van der Waals surface area contributed by atoms with Gasteiger partial charge >= 0.3 is 12.4 Å². The Labute approximate surface area is 88.1 Å². The van der Waals surface area contributed by atoms with Crippen molar-refractivity contribution in [2.45, 2.75) is 12.4 Å². The van der Waals surface area contributed by atoms with Gasteiger partial charge in [0, 0.05) is 0 Å². The summed E-state index contributed by atoms with van der Waals surface area (Å²) in [5.74, 6) is 0. The highest BCUT2D eigenvalue weighted by Gasteiger charge is 2.27. The zero-order chi connectivity index (χ0) is 13.2. The summed E-state index contributed by atoms with van der Waals surface area (Å²) in [7, 11) is 0. The van der Waals surface area contributed by atoms with Crippen LogP contribution in [-0.2, 0) is 9.47 Å². The summed E-state index contributed by atoms with van der Waals surface area (Å²) >= 11 is 0. The predicted octanol–water partition coefficient (Wildman–Crippen LogP) is 3.42. The lowest BCUT2D eigenvalue weighted by Gasteiger charge is -2.02. The van der Waals surface area contributed by atoms with Gasteiger partial charge in [0.05, 0.1) is 12.5 Å². The van der Waals surface area contributed by atoms with Gasteiger partial charge in [0.2, 0.25) is 0 Å². The van der Waals surface area contributed by atoms with Crippen molar-refractivity contribution in [3.63, 3.8) is 0 Å². The number of alkyl halides is 6. The number of halogens is 6. The van der Waals surface area contributed by atoms with E-state index >= 15 is 0 Å². The fourth-order valence-electron chi connectivity index (χ4n) is 0.307. The Morgan fingerprint density at radius 2 is 1.00 bits per heavy atom. The SMILES string of the molecule is C=COCC(F)(F)F.C=COCC(F)(F)F. The van der Waals surface area contributed by atoms with Gasteiger partial charge in [0.25, 0.3) is 0 Å². The maximum absolute atomic E-state index is 11.1. The Bertz CT molecular complexity index is 174. The van der Waals surface area contributed by atoms with Crippen molar-refractivity contribution in [3.8, 4) is 0 Å². The van der Waals surface area contributed by atoms with E-state index in [1.54, 1.807) is 0 Å². The lowest BCUT2D eigenvalue weighted by molar-refractivity contribution is -0.162. The van der Waals surface area contributed by atoms with Crippen LogP contribution in [0.4, 0.5) is 26.3 Å². The molecule has 0 aliphatic rings. The normalized spacial score (nSPS) is 10.9. The molecule has 0 unspecified atom stereocenters. The Hall–Kier alpha value is -1.34. The van der Waals surface area contributed by atoms with Gasteiger partial charge in [-0.15, -0.1) is 0 Å². The van der Waals surface area contributed by atoms with Gasteiger partial charge in [-0.25, -0.2) is 0 Å². The Kier molecular flexibility index (Phi) is 8.41. The van der Waals surface area contributed by atoms with Crippen LogP contribution in [0.15, 0.2) is 25.7 Å². The van der Waals surface area contributed by atoms with Crippen LogP contribution >= 0.6 is 0 Å². The minimum Gasteiger partial charge on any atom is -0.492 e. The third kappa shape index (κ3) is 23.0. The van der Waals surface area contributed by atoms with Crippen molar-refractivity contribution in [3.05, 3.63) is 25.7 Å². The van der Waals surface area contributed by atoms with E-state index in [-0.39, 0.29) is 0 Å². The number of rotatable bonds is 4. The molecule has 0 aromatic rings. The van der Waals surface area contributed by atoms with E-state index < -0.39 is 25.6 Å². The molecule has 96 valence electrons. The van der Waals surface area contributed by atoms with Crippen molar-refractivity contribution in [1.29, 1.82) is 0 Å². The average molecular weight is 252 g/mol. The number of hydrogen-bond acceptors (Lipinski definition) is 2. The first-order chi connectivity index (χ1) is 7.12. The van der Waals surface area contributed by atoms with Gasteiger partial charge in [0.1, 0.15) is 0 Å². The summed E-state index contributed by atoms with van der Waals surface area (Å²) in [4.78, 5) is 0. The van der Waals surface area contributed by atoms with Gasteiger partial charge in [-0.05, 0) is 0 Å². The molecule has 0 radical (unpaired) electrons. The number of ether oxygens (including phenoxy) is 2. The first kappa shape index (κ1) is 17.1. The summed E-state index contributed by atoms with van der Waals surface area (Å²) in [6.07, 6.45) is -6.97.